The first-order chi connectivity index (χ1) is 15.2. The summed E-state index contributed by atoms with van der Waals surface area (Å²) in [6.07, 6.45) is 0. The summed E-state index contributed by atoms with van der Waals surface area (Å²) in [4.78, 5) is 47.8. The van der Waals surface area contributed by atoms with E-state index in [-0.39, 0.29) is 22.3 Å². The number of aromatic carboxylic acids is 2. The zero-order valence-corrected chi connectivity index (χ0v) is 17.3. The number of nitrogens with one attached hydrogen (secondary N) is 2. The molecule has 4 N–H and O–H groups in total. The van der Waals surface area contributed by atoms with E-state index < -0.39 is 23.6 Å². The topological polar surface area (TPSA) is 133 Å². The highest BCUT2D eigenvalue weighted by Gasteiger charge is 2.20. The Morgan fingerprint density at radius 3 is 1.59 bits per heavy atom. The second kappa shape index (κ2) is 9.13. The minimum Gasteiger partial charge on any atom is -0.478 e. The molecule has 3 aromatic carbocycles. The summed E-state index contributed by atoms with van der Waals surface area (Å²) in [5.74, 6) is -3.53. The average Bonchev–Trinajstić information content (AvgIpc) is 2.78. The monoisotopic (exact) mass is 432 g/mol. The van der Waals surface area contributed by atoms with Gasteiger partial charge in [0.15, 0.2) is 5.78 Å². The molecule has 0 unspecified atom stereocenters. The highest BCUT2D eigenvalue weighted by Crippen LogP contribution is 2.26. The third-order valence-corrected chi connectivity index (χ3v) is 4.89. The lowest BCUT2D eigenvalue weighted by atomic mass is 9.94. The van der Waals surface area contributed by atoms with Gasteiger partial charge in [0.1, 0.15) is 0 Å². The molecule has 0 aromatic heterocycles. The number of carboxylic acids is 2. The van der Waals surface area contributed by atoms with Gasteiger partial charge in [0.05, 0.1) is 16.7 Å². The Kier molecular flexibility index (Phi) is 6.34. The van der Waals surface area contributed by atoms with E-state index >= 15 is 0 Å². The van der Waals surface area contributed by atoms with E-state index in [0.29, 0.717) is 16.8 Å². The Balaban J connectivity index is 2.03. The summed E-state index contributed by atoms with van der Waals surface area (Å²) in [5, 5.41) is 24.5. The van der Waals surface area contributed by atoms with Crippen LogP contribution < -0.4 is 10.6 Å². The van der Waals surface area contributed by atoms with Gasteiger partial charge in [0.25, 0.3) is 5.91 Å². The third kappa shape index (κ3) is 4.65. The third-order valence-electron chi connectivity index (χ3n) is 4.89. The molecule has 162 valence electrons. The first kappa shape index (κ1) is 22.2. The average molecular weight is 432 g/mol. The SMILES string of the molecule is CNc1ccc(NC(=O)c2cc(-c3ccc(C(=O)O)c(C(C)=O)c3)ccc2C(=O)O)cc1. The van der Waals surface area contributed by atoms with Gasteiger partial charge in [0.2, 0.25) is 0 Å². The number of carbonyl (C=O) groups excluding carboxylic acids is 2. The van der Waals surface area contributed by atoms with Crippen LogP contribution in [0.3, 0.4) is 0 Å². The Hall–Kier alpha value is -4.46. The van der Waals surface area contributed by atoms with Crippen molar-refractivity contribution in [1.82, 2.24) is 0 Å². The van der Waals surface area contributed by atoms with Crippen molar-refractivity contribution in [2.75, 3.05) is 17.7 Å². The number of carbonyl (C=O) groups is 4. The summed E-state index contributed by atoms with van der Waals surface area (Å²) in [5.41, 5.74) is 1.91. The number of hydrogen-bond acceptors (Lipinski definition) is 5. The lowest BCUT2D eigenvalue weighted by Gasteiger charge is -2.12. The minimum absolute atomic E-state index is 0.0212. The van der Waals surface area contributed by atoms with Crippen molar-refractivity contribution >= 4 is 35.0 Å². The maximum absolute atomic E-state index is 12.9. The summed E-state index contributed by atoms with van der Waals surface area (Å²) >= 11 is 0. The van der Waals surface area contributed by atoms with Crippen LogP contribution in [-0.4, -0.2) is 40.9 Å². The zero-order valence-electron chi connectivity index (χ0n) is 17.3. The van der Waals surface area contributed by atoms with Crippen LogP contribution in [0.5, 0.6) is 0 Å². The molecule has 0 atom stereocenters. The molecule has 0 aliphatic rings. The van der Waals surface area contributed by atoms with E-state index in [1.165, 1.54) is 43.3 Å². The zero-order chi connectivity index (χ0) is 23.4. The van der Waals surface area contributed by atoms with Gasteiger partial charge in [-0.25, -0.2) is 9.59 Å². The smallest absolute Gasteiger partial charge is 0.336 e. The van der Waals surface area contributed by atoms with Gasteiger partial charge in [-0.2, -0.15) is 0 Å². The number of ketones is 1. The molecule has 32 heavy (non-hydrogen) atoms. The summed E-state index contributed by atoms with van der Waals surface area (Å²) in [7, 11) is 1.76. The van der Waals surface area contributed by atoms with Crippen molar-refractivity contribution < 1.29 is 29.4 Å². The molecule has 0 saturated heterocycles. The van der Waals surface area contributed by atoms with Crippen LogP contribution in [0, 0.1) is 0 Å². The minimum atomic E-state index is -1.27. The molecule has 0 bridgehead atoms. The Labute approximate surface area is 183 Å². The quantitative estimate of drug-likeness (QED) is 0.410. The van der Waals surface area contributed by atoms with Crippen molar-refractivity contribution in [3.05, 3.63) is 82.9 Å². The lowest BCUT2D eigenvalue weighted by Crippen LogP contribution is -2.16. The van der Waals surface area contributed by atoms with Crippen LogP contribution in [0.15, 0.2) is 60.7 Å². The predicted octanol–water partition coefficient (Wildman–Crippen LogP) is 4.25. The van der Waals surface area contributed by atoms with E-state index in [9.17, 15) is 29.4 Å². The number of rotatable bonds is 7. The fourth-order valence-electron chi connectivity index (χ4n) is 3.22. The fourth-order valence-corrected chi connectivity index (χ4v) is 3.22. The van der Waals surface area contributed by atoms with Crippen molar-refractivity contribution in [3.63, 3.8) is 0 Å². The van der Waals surface area contributed by atoms with Crippen LogP contribution in [0.1, 0.15) is 48.4 Å². The maximum atomic E-state index is 12.9. The van der Waals surface area contributed by atoms with E-state index in [2.05, 4.69) is 10.6 Å². The molecule has 8 nitrogen and oxygen atoms in total. The van der Waals surface area contributed by atoms with Gasteiger partial charge < -0.3 is 20.8 Å². The fraction of sp³-hybridized carbons (Fsp3) is 0.0833. The first-order valence-electron chi connectivity index (χ1n) is 9.56. The maximum Gasteiger partial charge on any atom is 0.336 e. The van der Waals surface area contributed by atoms with Crippen molar-refractivity contribution in [2.24, 2.45) is 0 Å². The molecule has 0 aliphatic carbocycles. The molecule has 0 spiro atoms. The van der Waals surface area contributed by atoms with Crippen molar-refractivity contribution in [1.29, 1.82) is 0 Å². The molecular weight excluding hydrogens is 412 g/mol. The van der Waals surface area contributed by atoms with E-state index in [4.69, 9.17) is 0 Å². The van der Waals surface area contributed by atoms with Gasteiger partial charge in [0, 0.05) is 24.0 Å². The van der Waals surface area contributed by atoms with Gasteiger partial charge in [-0.1, -0.05) is 12.1 Å². The number of carboxylic acid groups (broad SMARTS) is 2. The van der Waals surface area contributed by atoms with Gasteiger partial charge in [-0.05, 0) is 66.6 Å². The number of Topliss-reactive ketones (excluding diaryl/α,β-unsaturated/α-hetero) is 1. The molecule has 0 heterocycles. The van der Waals surface area contributed by atoms with E-state index in [1.807, 2.05) is 0 Å². The van der Waals surface area contributed by atoms with Crippen LogP contribution in [-0.2, 0) is 0 Å². The summed E-state index contributed by atoms with van der Waals surface area (Å²) < 4.78 is 0. The van der Waals surface area contributed by atoms with Crippen molar-refractivity contribution in [3.8, 4) is 11.1 Å². The standard InChI is InChI=1S/C24H20N2O6/c1-13(27)20-11-14(3-9-18(20)23(29)30)15-4-10-19(24(31)32)21(12-15)22(28)26-17-7-5-16(25-2)6-8-17/h3-12,25H,1-2H3,(H,26,28)(H,29,30)(H,31,32). The first-order valence-corrected chi connectivity index (χ1v) is 9.56. The van der Waals surface area contributed by atoms with Gasteiger partial charge >= 0.3 is 11.9 Å². The van der Waals surface area contributed by atoms with Crippen LogP contribution in [0.25, 0.3) is 11.1 Å². The summed E-state index contributed by atoms with van der Waals surface area (Å²) in [6, 6.07) is 15.3. The van der Waals surface area contributed by atoms with Gasteiger partial charge in [-0.3, -0.25) is 9.59 Å². The summed E-state index contributed by atoms with van der Waals surface area (Å²) in [6.45, 7) is 1.26. The molecule has 0 saturated carbocycles. The Morgan fingerprint density at radius 1 is 0.656 bits per heavy atom. The van der Waals surface area contributed by atoms with E-state index in [0.717, 1.165) is 5.69 Å². The number of benzene rings is 3. The van der Waals surface area contributed by atoms with Crippen LogP contribution in [0.2, 0.25) is 0 Å². The molecule has 0 aliphatic heterocycles. The highest BCUT2D eigenvalue weighted by molar-refractivity contribution is 6.11. The molecule has 8 heteroatoms. The largest absolute Gasteiger partial charge is 0.478 e. The second-order valence-electron chi connectivity index (χ2n) is 6.97. The van der Waals surface area contributed by atoms with Gasteiger partial charge in [-0.15, -0.1) is 0 Å². The van der Waals surface area contributed by atoms with E-state index in [1.54, 1.807) is 31.3 Å². The molecule has 1 amide bonds. The van der Waals surface area contributed by atoms with Crippen molar-refractivity contribution in [2.45, 2.75) is 6.92 Å². The molecule has 0 fully saturated rings. The number of amides is 1. The van der Waals surface area contributed by atoms with Crippen LogP contribution in [0.4, 0.5) is 11.4 Å². The Bertz CT molecular complexity index is 1230. The molecule has 0 radical (unpaired) electrons. The lowest BCUT2D eigenvalue weighted by molar-refractivity contribution is 0.0683. The second-order valence-corrected chi connectivity index (χ2v) is 6.97. The Morgan fingerprint density at radius 2 is 1.12 bits per heavy atom. The number of anilines is 2. The number of hydrogen-bond donors (Lipinski definition) is 4. The normalized spacial score (nSPS) is 10.3. The molecule has 3 rings (SSSR count). The highest BCUT2D eigenvalue weighted by atomic mass is 16.4. The predicted molar refractivity (Wildman–Crippen MR) is 120 cm³/mol. The molecular formula is C24H20N2O6. The van der Waals surface area contributed by atoms with Crippen LogP contribution >= 0.6 is 0 Å². The molecule has 3 aromatic rings.